The number of nitrogens with zero attached hydrogens (tertiary/aromatic N) is 3. The number of benzene rings is 1. The fourth-order valence-corrected chi connectivity index (χ4v) is 6.36. The van der Waals surface area contributed by atoms with Gasteiger partial charge in [-0.2, -0.15) is 4.31 Å². The van der Waals surface area contributed by atoms with Crippen LogP contribution in [0.2, 0.25) is 0 Å². The minimum Gasteiger partial charge on any atom is -0.368 e. The quantitative estimate of drug-likeness (QED) is 0.759. The summed E-state index contributed by atoms with van der Waals surface area (Å²) in [5.41, 5.74) is 0.934. The second-order valence-corrected chi connectivity index (χ2v) is 9.86. The van der Waals surface area contributed by atoms with E-state index in [9.17, 15) is 17.6 Å². The molecule has 1 aromatic carbocycles. The Hall–Kier alpha value is -1.97. The van der Waals surface area contributed by atoms with E-state index in [0.717, 1.165) is 18.5 Å². The highest BCUT2D eigenvalue weighted by molar-refractivity contribution is 7.89. The van der Waals surface area contributed by atoms with Gasteiger partial charge in [0, 0.05) is 50.3 Å². The molecule has 0 atom stereocenters. The smallest absolute Gasteiger partial charge is 0.264 e. The van der Waals surface area contributed by atoms with Crippen LogP contribution in [0, 0.1) is 5.82 Å². The van der Waals surface area contributed by atoms with Crippen molar-refractivity contribution in [3.05, 3.63) is 46.4 Å². The number of sulfonamides is 1. The van der Waals surface area contributed by atoms with E-state index < -0.39 is 10.0 Å². The van der Waals surface area contributed by atoms with Crippen molar-refractivity contribution in [2.24, 2.45) is 0 Å². The number of halogens is 1. The van der Waals surface area contributed by atoms with Crippen LogP contribution in [0.5, 0.6) is 0 Å². The normalized spacial score (nSPS) is 18.6. The van der Waals surface area contributed by atoms with Gasteiger partial charge >= 0.3 is 0 Å². The van der Waals surface area contributed by atoms with Crippen molar-refractivity contribution in [2.75, 3.05) is 44.2 Å². The van der Waals surface area contributed by atoms with Crippen molar-refractivity contribution in [1.82, 2.24) is 9.21 Å². The van der Waals surface area contributed by atoms with Gasteiger partial charge in [0.05, 0.1) is 9.77 Å². The summed E-state index contributed by atoms with van der Waals surface area (Å²) in [4.78, 5) is 17.3. The summed E-state index contributed by atoms with van der Waals surface area (Å²) in [6.45, 7) is 3.49. The molecule has 0 unspecified atom stereocenters. The van der Waals surface area contributed by atoms with Gasteiger partial charge in [-0.1, -0.05) is 0 Å². The Morgan fingerprint density at radius 2 is 1.61 bits per heavy atom. The van der Waals surface area contributed by atoms with Crippen molar-refractivity contribution in [3.8, 4) is 0 Å². The highest BCUT2D eigenvalue weighted by atomic mass is 32.2. The Kier molecular flexibility index (Phi) is 5.39. The maximum atomic E-state index is 13.1. The maximum absolute atomic E-state index is 13.1. The molecule has 0 aliphatic carbocycles. The number of carbonyl (C=O) groups excluding carboxylic acids is 1. The van der Waals surface area contributed by atoms with E-state index in [4.69, 9.17) is 0 Å². The number of carbonyl (C=O) groups is 1. The first-order chi connectivity index (χ1) is 13.4. The monoisotopic (exact) mass is 423 g/mol. The van der Waals surface area contributed by atoms with Gasteiger partial charge in [-0.15, -0.1) is 11.3 Å². The van der Waals surface area contributed by atoms with Crippen molar-refractivity contribution >= 4 is 33.0 Å². The molecule has 3 heterocycles. The molecule has 0 radical (unpaired) electrons. The van der Waals surface area contributed by atoms with Crippen molar-refractivity contribution in [1.29, 1.82) is 0 Å². The summed E-state index contributed by atoms with van der Waals surface area (Å²) in [7, 11) is -3.50. The lowest BCUT2D eigenvalue weighted by Crippen LogP contribution is -2.48. The second-order valence-electron chi connectivity index (χ2n) is 7.01. The van der Waals surface area contributed by atoms with E-state index in [1.165, 1.54) is 33.8 Å². The molecule has 9 heteroatoms. The van der Waals surface area contributed by atoms with Crippen LogP contribution in [0.3, 0.4) is 0 Å². The molecule has 1 aromatic heterocycles. The molecular weight excluding hydrogens is 401 g/mol. The zero-order valence-corrected chi connectivity index (χ0v) is 17.0. The van der Waals surface area contributed by atoms with Gasteiger partial charge < -0.3 is 9.80 Å². The average Bonchev–Trinajstić information content (AvgIpc) is 3.41. The Labute approximate surface area is 168 Å². The van der Waals surface area contributed by atoms with E-state index in [1.54, 1.807) is 22.4 Å². The van der Waals surface area contributed by atoms with Gasteiger partial charge in [0.25, 0.3) is 5.91 Å². The molecule has 0 spiro atoms. The summed E-state index contributed by atoms with van der Waals surface area (Å²) in [5, 5.41) is 1.57. The first kappa shape index (κ1) is 19.4. The Morgan fingerprint density at radius 3 is 2.25 bits per heavy atom. The number of thiophene rings is 1. The lowest BCUT2D eigenvalue weighted by molar-refractivity contribution is 0.0751. The molecule has 0 N–H and O–H groups in total. The molecule has 2 saturated heterocycles. The van der Waals surface area contributed by atoms with E-state index >= 15 is 0 Å². The highest BCUT2D eigenvalue weighted by Gasteiger charge is 2.30. The number of hydrogen-bond acceptors (Lipinski definition) is 5. The summed E-state index contributed by atoms with van der Waals surface area (Å²) in [6, 6.07) is 7.85. The van der Waals surface area contributed by atoms with Crippen LogP contribution in [-0.4, -0.2) is 62.8 Å². The predicted octanol–water partition coefficient (Wildman–Crippen LogP) is 2.63. The molecule has 6 nitrogen and oxygen atoms in total. The molecule has 2 fully saturated rings. The third-order valence-electron chi connectivity index (χ3n) is 5.25. The second kappa shape index (κ2) is 7.81. The lowest BCUT2D eigenvalue weighted by Gasteiger charge is -2.36. The van der Waals surface area contributed by atoms with Crippen LogP contribution in [0.1, 0.15) is 22.5 Å². The fraction of sp³-hybridized carbons (Fsp3) is 0.421. The number of anilines is 1. The third kappa shape index (κ3) is 3.78. The first-order valence-corrected chi connectivity index (χ1v) is 11.7. The summed E-state index contributed by atoms with van der Waals surface area (Å²) in [6.07, 6.45) is 1.76. The largest absolute Gasteiger partial charge is 0.368 e. The molecule has 1 amide bonds. The van der Waals surface area contributed by atoms with Crippen LogP contribution < -0.4 is 4.90 Å². The van der Waals surface area contributed by atoms with Crippen molar-refractivity contribution in [3.63, 3.8) is 0 Å². The molecule has 0 saturated carbocycles. The molecule has 0 bridgehead atoms. The third-order valence-corrected chi connectivity index (χ3v) is 8.19. The molecular formula is C19H22FN3O3S2. The standard InChI is InChI=1S/C19H22FN3O3S2/c20-15-3-5-16(6-4-15)21-9-11-22(12-10-21)19(24)18-13-17(14-27-18)28(25,26)23-7-1-2-8-23/h3-6,13-14H,1-2,7-12H2. The van der Waals surface area contributed by atoms with Gasteiger partial charge in [-0.05, 0) is 43.2 Å². The van der Waals surface area contributed by atoms with Crippen molar-refractivity contribution < 1.29 is 17.6 Å². The zero-order chi connectivity index (χ0) is 19.7. The highest BCUT2D eigenvalue weighted by Crippen LogP contribution is 2.27. The SMILES string of the molecule is O=C(c1cc(S(=O)(=O)N2CCCC2)cs1)N1CCN(c2ccc(F)cc2)CC1. The van der Waals surface area contributed by atoms with Crippen LogP contribution in [-0.2, 0) is 10.0 Å². The van der Waals surface area contributed by atoms with Gasteiger partial charge in [0.2, 0.25) is 10.0 Å². The zero-order valence-electron chi connectivity index (χ0n) is 15.4. The van der Waals surface area contributed by atoms with Crippen LogP contribution in [0.15, 0.2) is 40.6 Å². The summed E-state index contributed by atoms with van der Waals surface area (Å²) >= 11 is 1.18. The number of piperazine rings is 1. The predicted molar refractivity (Wildman–Crippen MR) is 107 cm³/mol. The number of hydrogen-bond donors (Lipinski definition) is 0. The van der Waals surface area contributed by atoms with E-state index in [2.05, 4.69) is 4.90 Å². The molecule has 2 aliphatic heterocycles. The maximum Gasteiger partial charge on any atom is 0.264 e. The first-order valence-electron chi connectivity index (χ1n) is 9.33. The molecule has 2 aliphatic rings. The van der Waals surface area contributed by atoms with Crippen LogP contribution >= 0.6 is 11.3 Å². The van der Waals surface area contributed by atoms with Gasteiger partial charge in [0.1, 0.15) is 5.82 Å². The van der Waals surface area contributed by atoms with E-state index in [0.29, 0.717) is 44.1 Å². The van der Waals surface area contributed by atoms with E-state index in [-0.39, 0.29) is 16.6 Å². The number of rotatable bonds is 4. The van der Waals surface area contributed by atoms with Crippen LogP contribution in [0.4, 0.5) is 10.1 Å². The van der Waals surface area contributed by atoms with Crippen LogP contribution in [0.25, 0.3) is 0 Å². The summed E-state index contributed by atoms with van der Waals surface area (Å²) in [5.74, 6) is -0.401. The van der Waals surface area contributed by atoms with Gasteiger partial charge in [0.15, 0.2) is 0 Å². The van der Waals surface area contributed by atoms with E-state index in [1.807, 2.05) is 0 Å². The molecule has 4 rings (SSSR count). The Balaban J connectivity index is 1.40. The Morgan fingerprint density at radius 1 is 0.964 bits per heavy atom. The Bertz CT molecular complexity index is 945. The van der Waals surface area contributed by atoms with Crippen molar-refractivity contribution in [2.45, 2.75) is 17.7 Å². The average molecular weight is 424 g/mol. The lowest BCUT2D eigenvalue weighted by atomic mass is 10.2. The fourth-order valence-electron chi connectivity index (χ4n) is 3.62. The molecule has 150 valence electrons. The molecule has 28 heavy (non-hydrogen) atoms. The minimum absolute atomic E-state index is 0.133. The van der Waals surface area contributed by atoms with Gasteiger partial charge in [-0.25, -0.2) is 12.8 Å². The minimum atomic E-state index is -3.50. The number of amides is 1. The topological polar surface area (TPSA) is 60.9 Å². The summed E-state index contributed by atoms with van der Waals surface area (Å²) < 4.78 is 39.9. The molecule has 2 aromatic rings. The van der Waals surface area contributed by atoms with Gasteiger partial charge in [-0.3, -0.25) is 4.79 Å².